The van der Waals surface area contributed by atoms with E-state index in [1.54, 1.807) is 0 Å². The molecule has 3 nitrogen and oxygen atoms in total. The molecule has 1 fully saturated rings. The SMILES string of the molecule is CC(C)CCOC1COCCC1O. The Labute approximate surface area is 80.0 Å². The molecule has 1 aliphatic rings. The molecule has 0 spiro atoms. The molecular weight excluding hydrogens is 168 g/mol. The van der Waals surface area contributed by atoms with Gasteiger partial charge < -0.3 is 14.6 Å². The molecule has 1 heterocycles. The highest BCUT2D eigenvalue weighted by Crippen LogP contribution is 2.12. The highest BCUT2D eigenvalue weighted by atomic mass is 16.5. The van der Waals surface area contributed by atoms with Crippen LogP contribution in [0.4, 0.5) is 0 Å². The van der Waals surface area contributed by atoms with Crippen molar-refractivity contribution in [1.82, 2.24) is 0 Å². The maximum atomic E-state index is 9.53. The minimum atomic E-state index is -0.332. The monoisotopic (exact) mass is 188 g/mol. The van der Waals surface area contributed by atoms with Crippen LogP contribution in [0.2, 0.25) is 0 Å². The van der Waals surface area contributed by atoms with Gasteiger partial charge in [0.15, 0.2) is 0 Å². The summed E-state index contributed by atoms with van der Waals surface area (Å²) in [7, 11) is 0. The summed E-state index contributed by atoms with van der Waals surface area (Å²) in [4.78, 5) is 0. The molecular formula is C10H20O3. The van der Waals surface area contributed by atoms with Crippen molar-refractivity contribution in [2.75, 3.05) is 19.8 Å². The number of aliphatic hydroxyl groups excluding tert-OH is 1. The van der Waals surface area contributed by atoms with Crippen LogP contribution in [0.15, 0.2) is 0 Å². The highest BCUT2D eigenvalue weighted by Gasteiger charge is 2.23. The number of rotatable bonds is 4. The second-order valence-electron chi connectivity index (χ2n) is 4.02. The van der Waals surface area contributed by atoms with Gasteiger partial charge in [-0.3, -0.25) is 0 Å². The molecule has 0 radical (unpaired) electrons. The Hall–Kier alpha value is -0.120. The van der Waals surface area contributed by atoms with Gasteiger partial charge in [0.2, 0.25) is 0 Å². The van der Waals surface area contributed by atoms with Gasteiger partial charge in [-0.2, -0.15) is 0 Å². The van der Waals surface area contributed by atoms with Crippen molar-refractivity contribution in [3.63, 3.8) is 0 Å². The van der Waals surface area contributed by atoms with E-state index < -0.39 is 0 Å². The van der Waals surface area contributed by atoms with E-state index in [2.05, 4.69) is 13.8 Å². The van der Waals surface area contributed by atoms with Crippen LogP contribution in [-0.4, -0.2) is 37.1 Å². The van der Waals surface area contributed by atoms with Crippen LogP contribution >= 0.6 is 0 Å². The molecule has 0 aromatic rings. The number of hydrogen-bond acceptors (Lipinski definition) is 3. The standard InChI is InChI=1S/C10H20O3/c1-8(2)3-6-13-10-7-12-5-4-9(10)11/h8-11H,3-7H2,1-2H3. The minimum absolute atomic E-state index is 0.104. The molecule has 1 aliphatic heterocycles. The van der Waals surface area contributed by atoms with E-state index in [1.165, 1.54) is 0 Å². The fourth-order valence-electron chi connectivity index (χ4n) is 1.31. The first-order valence-electron chi connectivity index (χ1n) is 5.07. The first-order valence-corrected chi connectivity index (χ1v) is 5.07. The third kappa shape index (κ3) is 4.07. The zero-order valence-corrected chi connectivity index (χ0v) is 8.53. The summed E-state index contributed by atoms with van der Waals surface area (Å²) in [5, 5.41) is 9.53. The molecule has 78 valence electrons. The molecule has 0 aliphatic carbocycles. The topological polar surface area (TPSA) is 38.7 Å². The zero-order chi connectivity index (χ0) is 9.68. The van der Waals surface area contributed by atoms with E-state index in [0.29, 0.717) is 25.6 Å². The summed E-state index contributed by atoms with van der Waals surface area (Å²) < 4.78 is 10.8. The van der Waals surface area contributed by atoms with Gasteiger partial charge in [0.05, 0.1) is 12.7 Å². The van der Waals surface area contributed by atoms with E-state index >= 15 is 0 Å². The van der Waals surface area contributed by atoms with Gasteiger partial charge in [-0.05, 0) is 18.8 Å². The predicted molar refractivity (Wildman–Crippen MR) is 50.6 cm³/mol. The molecule has 2 unspecified atom stereocenters. The molecule has 0 saturated carbocycles. The van der Waals surface area contributed by atoms with Crippen LogP contribution in [0.25, 0.3) is 0 Å². The van der Waals surface area contributed by atoms with Crippen LogP contribution in [-0.2, 0) is 9.47 Å². The lowest BCUT2D eigenvalue weighted by atomic mass is 10.1. The lowest BCUT2D eigenvalue weighted by Crippen LogP contribution is -2.39. The molecule has 1 rings (SSSR count). The lowest BCUT2D eigenvalue weighted by molar-refractivity contribution is -0.118. The highest BCUT2D eigenvalue weighted by molar-refractivity contribution is 4.72. The van der Waals surface area contributed by atoms with Crippen molar-refractivity contribution in [3.05, 3.63) is 0 Å². The summed E-state index contributed by atoms with van der Waals surface area (Å²) in [6.07, 6.45) is 1.31. The summed E-state index contributed by atoms with van der Waals surface area (Å²) in [5.41, 5.74) is 0. The molecule has 1 saturated heterocycles. The Morgan fingerprint density at radius 1 is 1.54 bits per heavy atom. The number of aliphatic hydroxyl groups is 1. The summed E-state index contributed by atoms with van der Waals surface area (Å²) in [5.74, 6) is 0.654. The fraction of sp³-hybridized carbons (Fsp3) is 1.00. The Bertz CT molecular complexity index is 136. The Morgan fingerprint density at radius 2 is 2.31 bits per heavy atom. The van der Waals surface area contributed by atoms with E-state index in [4.69, 9.17) is 9.47 Å². The molecule has 0 bridgehead atoms. The van der Waals surface area contributed by atoms with Crippen molar-refractivity contribution in [1.29, 1.82) is 0 Å². The van der Waals surface area contributed by atoms with Gasteiger partial charge in [0.1, 0.15) is 6.10 Å². The second-order valence-corrected chi connectivity index (χ2v) is 4.02. The maximum absolute atomic E-state index is 9.53. The van der Waals surface area contributed by atoms with E-state index in [1.807, 2.05) is 0 Å². The van der Waals surface area contributed by atoms with Crippen molar-refractivity contribution in [2.45, 2.75) is 38.9 Å². The molecule has 0 aromatic heterocycles. The Balaban J connectivity index is 2.11. The van der Waals surface area contributed by atoms with Crippen LogP contribution in [0, 0.1) is 5.92 Å². The smallest absolute Gasteiger partial charge is 0.107 e. The van der Waals surface area contributed by atoms with Gasteiger partial charge in [-0.25, -0.2) is 0 Å². The van der Waals surface area contributed by atoms with Crippen molar-refractivity contribution >= 4 is 0 Å². The lowest BCUT2D eigenvalue weighted by Gasteiger charge is -2.27. The van der Waals surface area contributed by atoms with Gasteiger partial charge in [-0.1, -0.05) is 13.8 Å². The average Bonchev–Trinajstić information content (AvgIpc) is 2.08. The average molecular weight is 188 g/mol. The minimum Gasteiger partial charge on any atom is -0.390 e. The second kappa shape index (κ2) is 5.58. The molecule has 13 heavy (non-hydrogen) atoms. The predicted octanol–water partition coefficient (Wildman–Crippen LogP) is 1.20. The van der Waals surface area contributed by atoms with Gasteiger partial charge in [0.25, 0.3) is 0 Å². The third-order valence-electron chi connectivity index (χ3n) is 2.30. The molecule has 0 aromatic carbocycles. The van der Waals surface area contributed by atoms with Gasteiger partial charge in [0, 0.05) is 13.2 Å². The normalized spacial score (nSPS) is 29.5. The summed E-state index contributed by atoms with van der Waals surface area (Å²) >= 11 is 0. The molecule has 0 amide bonds. The van der Waals surface area contributed by atoms with Crippen molar-refractivity contribution < 1.29 is 14.6 Å². The quantitative estimate of drug-likeness (QED) is 0.720. The van der Waals surface area contributed by atoms with E-state index in [-0.39, 0.29) is 12.2 Å². The fourth-order valence-corrected chi connectivity index (χ4v) is 1.31. The van der Waals surface area contributed by atoms with Crippen LogP contribution in [0.5, 0.6) is 0 Å². The van der Waals surface area contributed by atoms with Crippen molar-refractivity contribution in [2.24, 2.45) is 5.92 Å². The first kappa shape index (κ1) is 11.0. The van der Waals surface area contributed by atoms with Crippen LogP contribution in [0.1, 0.15) is 26.7 Å². The largest absolute Gasteiger partial charge is 0.390 e. The van der Waals surface area contributed by atoms with Gasteiger partial charge >= 0.3 is 0 Å². The Kier molecular flexibility index (Phi) is 4.70. The Morgan fingerprint density at radius 3 is 2.92 bits per heavy atom. The van der Waals surface area contributed by atoms with Crippen molar-refractivity contribution in [3.8, 4) is 0 Å². The van der Waals surface area contributed by atoms with Crippen LogP contribution in [0.3, 0.4) is 0 Å². The number of hydrogen-bond donors (Lipinski definition) is 1. The summed E-state index contributed by atoms with van der Waals surface area (Å²) in [6.45, 7) is 6.25. The van der Waals surface area contributed by atoms with E-state index in [9.17, 15) is 5.11 Å². The third-order valence-corrected chi connectivity index (χ3v) is 2.30. The zero-order valence-electron chi connectivity index (χ0n) is 8.53. The first-order chi connectivity index (χ1) is 6.20. The van der Waals surface area contributed by atoms with Gasteiger partial charge in [-0.15, -0.1) is 0 Å². The number of ether oxygens (including phenoxy) is 2. The molecule has 3 heteroatoms. The summed E-state index contributed by atoms with van der Waals surface area (Å²) in [6, 6.07) is 0. The van der Waals surface area contributed by atoms with E-state index in [0.717, 1.165) is 13.0 Å². The van der Waals surface area contributed by atoms with Crippen LogP contribution < -0.4 is 0 Å². The maximum Gasteiger partial charge on any atom is 0.107 e. The molecule has 2 atom stereocenters. The molecule has 1 N–H and O–H groups in total.